The Morgan fingerprint density at radius 2 is 1.84 bits per heavy atom. The normalized spacial score (nSPS) is 11.1. The van der Waals surface area contributed by atoms with Gasteiger partial charge in [0.05, 0.1) is 16.8 Å². The van der Waals surface area contributed by atoms with Gasteiger partial charge in [-0.05, 0) is 30.3 Å². The van der Waals surface area contributed by atoms with Crippen LogP contribution in [0.15, 0.2) is 36.5 Å². The van der Waals surface area contributed by atoms with Crippen LogP contribution in [0.5, 0.6) is 0 Å². The zero-order valence-corrected chi connectivity index (χ0v) is 9.37. The van der Waals surface area contributed by atoms with E-state index in [1.165, 1.54) is 18.3 Å². The fourth-order valence-electron chi connectivity index (χ4n) is 1.53. The first-order valence-electron chi connectivity index (χ1n) is 5.14. The van der Waals surface area contributed by atoms with Crippen molar-refractivity contribution in [3.05, 3.63) is 53.5 Å². The highest BCUT2D eigenvalue weighted by Crippen LogP contribution is 2.32. The van der Waals surface area contributed by atoms with Crippen LogP contribution in [0.2, 0.25) is 0 Å². The van der Waals surface area contributed by atoms with Gasteiger partial charge in [0, 0.05) is 11.8 Å². The fourth-order valence-corrected chi connectivity index (χ4v) is 1.53. The second kappa shape index (κ2) is 4.69. The Bertz CT molecular complexity index is 639. The largest absolute Gasteiger partial charge is 0.416 e. The molecular weight excluding hydrogens is 260 g/mol. The van der Waals surface area contributed by atoms with Gasteiger partial charge in [-0.2, -0.15) is 18.4 Å². The Hall–Kier alpha value is -2.42. The van der Waals surface area contributed by atoms with Crippen LogP contribution in [0.25, 0.3) is 11.3 Å². The van der Waals surface area contributed by atoms with Gasteiger partial charge < -0.3 is 0 Å². The van der Waals surface area contributed by atoms with Crippen LogP contribution < -0.4 is 0 Å². The highest BCUT2D eigenvalue weighted by Gasteiger charge is 2.31. The van der Waals surface area contributed by atoms with Gasteiger partial charge in [-0.3, -0.25) is 4.98 Å². The number of hydrogen-bond acceptors (Lipinski definition) is 2. The summed E-state index contributed by atoms with van der Waals surface area (Å²) >= 11 is 0. The Balaban J connectivity index is 2.50. The zero-order chi connectivity index (χ0) is 14.0. The molecule has 0 N–H and O–H groups in total. The molecule has 0 bridgehead atoms. The minimum Gasteiger partial charge on any atom is -0.255 e. The maximum absolute atomic E-state index is 13.2. The van der Waals surface area contributed by atoms with Gasteiger partial charge in [-0.25, -0.2) is 4.39 Å². The lowest BCUT2D eigenvalue weighted by Gasteiger charge is -2.09. The average molecular weight is 266 g/mol. The van der Waals surface area contributed by atoms with E-state index in [1.54, 1.807) is 0 Å². The van der Waals surface area contributed by atoms with Crippen molar-refractivity contribution >= 4 is 0 Å². The van der Waals surface area contributed by atoms with Gasteiger partial charge >= 0.3 is 6.18 Å². The predicted octanol–water partition coefficient (Wildman–Crippen LogP) is 3.78. The topological polar surface area (TPSA) is 36.7 Å². The minimum atomic E-state index is -4.62. The maximum atomic E-state index is 13.2. The summed E-state index contributed by atoms with van der Waals surface area (Å²) in [5.41, 5.74) is -0.620. The number of rotatable bonds is 1. The van der Waals surface area contributed by atoms with Crippen molar-refractivity contribution in [3.63, 3.8) is 0 Å². The highest BCUT2D eigenvalue weighted by molar-refractivity contribution is 5.61. The Labute approximate surface area is 105 Å². The molecule has 2 nitrogen and oxygen atoms in total. The van der Waals surface area contributed by atoms with E-state index in [1.807, 2.05) is 6.07 Å². The van der Waals surface area contributed by atoms with E-state index < -0.39 is 17.6 Å². The van der Waals surface area contributed by atoms with Crippen LogP contribution >= 0.6 is 0 Å². The third-order valence-corrected chi connectivity index (χ3v) is 2.41. The van der Waals surface area contributed by atoms with Crippen molar-refractivity contribution in [2.75, 3.05) is 0 Å². The summed E-state index contributed by atoms with van der Waals surface area (Å²) in [6.45, 7) is 0. The number of nitrogens with zero attached hydrogens (tertiary/aromatic N) is 2. The monoisotopic (exact) mass is 266 g/mol. The van der Waals surface area contributed by atoms with E-state index in [0.717, 1.165) is 12.1 Å². The van der Waals surface area contributed by atoms with Crippen molar-refractivity contribution in [2.45, 2.75) is 6.18 Å². The number of aromatic nitrogens is 1. The zero-order valence-electron chi connectivity index (χ0n) is 9.37. The van der Waals surface area contributed by atoms with Crippen LogP contribution in [0.3, 0.4) is 0 Å². The quantitative estimate of drug-likeness (QED) is 0.736. The van der Waals surface area contributed by atoms with Gasteiger partial charge in [-0.15, -0.1) is 0 Å². The summed E-state index contributed by atoms with van der Waals surface area (Å²) in [7, 11) is 0. The lowest BCUT2D eigenvalue weighted by molar-refractivity contribution is -0.137. The van der Waals surface area contributed by atoms with Gasteiger partial charge in [0.15, 0.2) is 0 Å². The van der Waals surface area contributed by atoms with Crippen molar-refractivity contribution in [2.24, 2.45) is 0 Å². The fraction of sp³-hybridized carbons (Fsp3) is 0.0769. The molecule has 0 saturated carbocycles. The van der Waals surface area contributed by atoms with Gasteiger partial charge in [0.2, 0.25) is 0 Å². The predicted molar refractivity (Wildman–Crippen MR) is 59.3 cm³/mol. The average Bonchev–Trinajstić information content (AvgIpc) is 2.37. The number of pyridine rings is 1. The van der Waals surface area contributed by atoms with E-state index in [0.29, 0.717) is 6.07 Å². The number of hydrogen-bond donors (Lipinski definition) is 0. The number of alkyl halides is 3. The van der Waals surface area contributed by atoms with Crippen LogP contribution in [-0.4, -0.2) is 4.98 Å². The molecule has 0 radical (unpaired) electrons. The molecular formula is C13H6F4N2. The van der Waals surface area contributed by atoms with E-state index in [2.05, 4.69) is 4.98 Å². The SMILES string of the molecule is N#Cc1ccc(-c2cc(F)cc(C(F)(F)F)c2)nc1. The van der Waals surface area contributed by atoms with Crippen LogP contribution in [-0.2, 0) is 6.18 Å². The molecule has 19 heavy (non-hydrogen) atoms. The maximum Gasteiger partial charge on any atom is 0.416 e. The number of benzene rings is 1. The van der Waals surface area contributed by atoms with Crippen LogP contribution in [0.1, 0.15) is 11.1 Å². The molecule has 1 aromatic heterocycles. The molecule has 0 saturated heterocycles. The van der Waals surface area contributed by atoms with Gasteiger partial charge in [-0.1, -0.05) is 0 Å². The summed E-state index contributed by atoms with van der Waals surface area (Å²) in [5, 5.41) is 8.60. The molecule has 0 fully saturated rings. The Morgan fingerprint density at radius 1 is 1.11 bits per heavy atom. The molecule has 6 heteroatoms. The third-order valence-electron chi connectivity index (χ3n) is 2.41. The molecule has 0 aliphatic carbocycles. The first-order valence-corrected chi connectivity index (χ1v) is 5.14. The first kappa shape index (κ1) is 13.0. The summed E-state index contributed by atoms with van der Waals surface area (Å²) < 4.78 is 50.9. The molecule has 1 heterocycles. The number of halogens is 4. The molecule has 0 atom stereocenters. The van der Waals surface area contributed by atoms with Gasteiger partial charge in [0.25, 0.3) is 0 Å². The van der Waals surface area contributed by atoms with Crippen molar-refractivity contribution in [3.8, 4) is 17.3 Å². The highest BCUT2D eigenvalue weighted by atomic mass is 19.4. The second-order valence-electron chi connectivity index (χ2n) is 3.77. The minimum absolute atomic E-state index is 0.0109. The smallest absolute Gasteiger partial charge is 0.255 e. The first-order chi connectivity index (χ1) is 8.90. The van der Waals surface area contributed by atoms with Crippen LogP contribution in [0.4, 0.5) is 17.6 Å². The summed E-state index contributed by atoms with van der Waals surface area (Å²) in [5.74, 6) is -0.990. The van der Waals surface area contributed by atoms with Crippen molar-refractivity contribution in [1.29, 1.82) is 5.26 Å². The van der Waals surface area contributed by atoms with Crippen molar-refractivity contribution < 1.29 is 17.6 Å². The van der Waals surface area contributed by atoms with Crippen LogP contribution in [0, 0.1) is 17.1 Å². The van der Waals surface area contributed by atoms with E-state index in [4.69, 9.17) is 5.26 Å². The molecule has 0 unspecified atom stereocenters. The lowest BCUT2D eigenvalue weighted by atomic mass is 10.1. The molecule has 2 aromatic rings. The standard InChI is InChI=1S/C13H6F4N2/c14-11-4-9(3-10(5-11)13(15,16)17)12-2-1-8(6-18)7-19-12/h1-5,7H. The van der Waals surface area contributed by atoms with E-state index >= 15 is 0 Å². The summed E-state index contributed by atoms with van der Waals surface area (Å²) in [6, 6.07) is 6.81. The number of nitriles is 1. The molecule has 0 aliphatic heterocycles. The molecule has 0 spiro atoms. The molecule has 2 rings (SSSR count). The lowest BCUT2D eigenvalue weighted by Crippen LogP contribution is -2.05. The second-order valence-corrected chi connectivity index (χ2v) is 3.77. The van der Waals surface area contributed by atoms with E-state index in [-0.39, 0.29) is 16.8 Å². The summed E-state index contributed by atoms with van der Waals surface area (Å²) in [6.07, 6.45) is -3.41. The van der Waals surface area contributed by atoms with Crippen molar-refractivity contribution in [1.82, 2.24) is 4.98 Å². The molecule has 0 aliphatic rings. The Morgan fingerprint density at radius 3 is 2.37 bits per heavy atom. The molecule has 96 valence electrons. The van der Waals surface area contributed by atoms with Gasteiger partial charge in [0.1, 0.15) is 11.9 Å². The van der Waals surface area contributed by atoms with E-state index in [9.17, 15) is 17.6 Å². The third kappa shape index (κ3) is 2.88. The summed E-state index contributed by atoms with van der Waals surface area (Å²) in [4.78, 5) is 3.83. The molecule has 0 amide bonds. The Kier molecular flexibility index (Phi) is 3.21. The molecule has 1 aromatic carbocycles.